The Morgan fingerprint density at radius 3 is 2.00 bits per heavy atom. The Morgan fingerprint density at radius 2 is 1.56 bits per heavy atom. The molecule has 94 valence electrons. The second-order valence-corrected chi connectivity index (χ2v) is 3.69. The summed E-state index contributed by atoms with van der Waals surface area (Å²) >= 11 is 0. The zero-order valence-electron chi connectivity index (χ0n) is 10.6. The standard InChI is InChI=1S/C12H23NO3/c1-4-9-13(10-5-2)11(14)7-8-12(15)16-6-3/h4-10H2,1-3H3. The summed E-state index contributed by atoms with van der Waals surface area (Å²) in [5.74, 6) is -0.236. The van der Waals surface area contributed by atoms with Crippen LogP contribution in [0.1, 0.15) is 46.5 Å². The fourth-order valence-corrected chi connectivity index (χ4v) is 1.50. The Morgan fingerprint density at radius 1 is 1.00 bits per heavy atom. The van der Waals surface area contributed by atoms with Gasteiger partial charge >= 0.3 is 5.97 Å². The van der Waals surface area contributed by atoms with E-state index in [1.165, 1.54) is 0 Å². The molecule has 4 nitrogen and oxygen atoms in total. The van der Waals surface area contributed by atoms with Crippen molar-refractivity contribution in [3.05, 3.63) is 0 Å². The van der Waals surface area contributed by atoms with Gasteiger partial charge in [0.05, 0.1) is 13.0 Å². The first-order valence-corrected chi connectivity index (χ1v) is 6.09. The maximum absolute atomic E-state index is 11.7. The summed E-state index contributed by atoms with van der Waals surface area (Å²) in [6, 6.07) is 0. The topological polar surface area (TPSA) is 46.6 Å². The SMILES string of the molecule is CCCN(CCC)C(=O)CCC(=O)OCC. The van der Waals surface area contributed by atoms with Gasteiger partial charge in [0, 0.05) is 19.5 Å². The molecule has 0 fully saturated rings. The van der Waals surface area contributed by atoms with Crippen molar-refractivity contribution in [3.63, 3.8) is 0 Å². The van der Waals surface area contributed by atoms with Crippen molar-refractivity contribution < 1.29 is 14.3 Å². The molecule has 0 spiro atoms. The van der Waals surface area contributed by atoms with Gasteiger partial charge in [-0.25, -0.2) is 0 Å². The van der Waals surface area contributed by atoms with Crippen LogP contribution in [0.3, 0.4) is 0 Å². The first kappa shape index (κ1) is 14.9. The average Bonchev–Trinajstić information content (AvgIpc) is 2.26. The molecule has 0 aromatic heterocycles. The third-order valence-electron chi connectivity index (χ3n) is 2.19. The van der Waals surface area contributed by atoms with Gasteiger partial charge < -0.3 is 9.64 Å². The van der Waals surface area contributed by atoms with Crippen LogP contribution in [-0.2, 0) is 14.3 Å². The van der Waals surface area contributed by atoms with Gasteiger partial charge in [-0.3, -0.25) is 9.59 Å². The van der Waals surface area contributed by atoms with Crippen molar-refractivity contribution in [2.24, 2.45) is 0 Å². The van der Waals surface area contributed by atoms with E-state index in [0.29, 0.717) is 6.61 Å². The lowest BCUT2D eigenvalue weighted by molar-refractivity contribution is -0.145. The quantitative estimate of drug-likeness (QED) is 0.598. The lowest BCUT2D eigenvalue weighted by Crippen LogP contribution is -2.32. The fraction of sp³-hybridized carbons (Fsp3) is 0.833. The Bertz CT molecular complexity index is 210. The van der Waals surface area contributed by atoms with Crippen LogP contribution in [0.15, 0.2) is 0 Å². The van der Waals surface area contributed by atoms with Crippen molar-refractivity contribution in [2.75, 3.05) is 19.7 Å². The Kier molecular flexibility index (Phi) is 8.58. The van der Waals surface area contributed by atoms with E-state index in [4.69, 9.17) is 4.74 Å². The van der Waals surface area contributed by atoms with E-state index < -0.39 is 0 Å². The number of amides is 1. The minimum Gasteiger partial charge on any atom is -0.466 e. The Hall–Kier alpha value is -1.06. The summed E-state index contributed by atoms with van der Waals surface area (Å²) < 4.78 is 4.78. The molecule has 0 bridgehead atoms. The van der Waals surface area contributed by atoms with Gasteiger partial charge in [-0.15, -0.1) is 0 Å². The van der Waals surface area contributed by atoms with Crippen LogP contribution in [-0.4, -0.2) is 36.5 Å². The van der Waals surface area contributed by atoms with E-state index >= 15 is 0 Å². The third kappa shape index (κ3) is 6.43. The minimum absolute atomic E-state index is 0.0525. The van der Waals surface area contributed by atoms with Gasteiger partial charge in [0.2, 0.25) is 5.91 Å². The summed E-state index contributed by atoms with van der Waals surface area (Å²) in [5.41, 5.74) is 0. The van der Waals surface area contributed by atoms with E-state index in [1.807, 2.05) is 18.7 Å². The van der Waals surface area contributed by atoms with Crippen molar-refractivity contribution in [1.29, 1.82) is 0 Å². The van der Waals surface area contributed by atoms with Crippen molar-refractivity contribution >= 4 is 11.9 Å². The number of carbonyl (C=O) groups is 2. The zero-order valence-corrected chi connectivity index (χ0v) is 10.6. The van der Waals surface area contributed by atoms with Crippen LogP contribution in [0.25, 0.3) is 0 Å². The van der Waals surface area contributed by atoms with E-state index in [1.54, 1.807) is 6.92 Å². The second kappa shape index (κ2) is 9.19. The fourth-order valence-electron chi connectivity index (χ4n) is 1.50. The molecule has 0 rings (SSSR count). The average molecular weight is 229 g/mol. The minimum atomic E-state index is -0.288. The molecule has 0 saturated heterocycles. The maximum atomic E-state index is 11.7. The number of rotatable bonds is 8. The number of hydrogen-bond acceptors (Lipinski definition) is 3. The molecular formula is C12H23NO3. The molecule has 0 aromatic rings. The smallest absolute Gasteiger partial charge is 0.306 e. The van der Waals surface area contributed by atoms with Crippen molar-refractivity contribution in [2.45, 2.75) is 46.5 Å². The van der Waals surface area contributed by atoms with Gasteiger partial charge in [-0.2, -0.15) is 0 Å². The first-order valence-electron chi connectivity index (χ1n) is 6.09. The summed E-state index contributed by atoms with van der Waals surface area (Å²) in [5, 5.41) is 0. The highest BCUT2D eigenvalue weighted by atomic mass is 16.5. The lowest BCUT2D eigenvalue weighted by Gasteiger charge is -2.21. The summed E-state index contributed by atoms with van der Waals surface area (Å²) in [6.45, 7) is 7.77. The predicted molar refractivity (Wildman–Crippen MR) is 63.0 cm³/mol. The largest absolute Gasteiger partial charge is 0.466 e. The van der Waals surface area contributed by atoms with E-state index in [0.717, 1.165) is 25.9 Å². The third-order valence-corrected chi connectivity index (χ3v) is 2.19. The molecule has 0 aliphatic heterocycles. The molecule has 0 aliphatic carbocycles. The van der Waals surface area contributed by atoms with Crippen molar-refractivity contribution in [3.8, 4) is 0 Å². The van der Waals surface area contributed by atoms with E-state index in [9.17, 15) is 9.59 Å². The van der Waals surface area contributed by atoms with Crippen LogP contribution in [0.2, 0.25) is 0 Å². The van der Waals surface area contributed by atoms with Crippen LogP contribution >= 0.6 is 0 Å². The highest BCUT2D eigenvalue weighted by molar-refractivity contribution is 5.81. The molecule has 0 N–H and O–H groups in total. The molecular weight excluding hydrogens is 206 g/mol. The molecule has 4 heteroatoms. The normalized spacial score (nSPS) is 9.94. The Balaban J connectivity index is 3.94. The van der Waals surface area contributed by atoms with Gasteiger partial charge in [0.15, 0.2) is 0 Å². The molecule has 0 aliphatic rings. The Labute approximate surface area is 98.0 Å². The predicted octanol–water partition coefficient (Wildman–Crippen LogP) is 1.98. The van der Waals surface area contributed by atoms with Crippen LogP contribution in [0.5, 0.6) is 0 Å². The molecule has 0 heterocycles. The van der Waals surface area contributed by atoms with Gasteiger partial charge in [0.25, 0.3) is 0 Å². The van der Waals surface area contributed by atoms with E-state index in [2.05, 4.69) is 0 Å². The second-order valence-electron chi connectivity index (χ2n) is 3.69. The van der Waals surface area contributed by atoms with Crippen LogP contribution in [0.4, 0.5) is 0 Å². The molecule has 0 aromatic carbocycles. The van der Waals surface area contributed by atoms with E-state index in [-0.39, 0.29) is 24.7 Å². The monoisotopic (exact) mass is 229 g/mol. The summed E-state index contributed by atoms with van der Waals surface area (Å²) in [7, 11) is 0. The molecule has 0 atom stereocenters. The van der Waals surface area contributed by atoms with Gasteiger partial charge in [0.1, 0.15) is 0 Å². The molecule has 16 heavy (non-hydrogen) atoms. The van der Waals surface area contributed by atoms with Gasteiger partial charge in [-0.1, -0.05) is 13.8 Å². The molecule has 0 saturated carbocycles. The first-order chi connectivity index (χ1) is 7.65. The lowest BCUT2D eigenvalue weighted by atomic mass is 10.2. The number of ether oxygens (including phenoxy) is 1. The van der Waals surface area contributed by atoms with Crippen LogP contribution in [0, 0.1) is 0 Å². The maximum Gasteiger partial charge on any atom is 0.306 e. The number of hydrogen-bond donors (Lipinski definition) is 0. The molecule has 1 amide bonds. The van der Waals surface area contributed by atoms with Crippen molar-refractivity contribution in [1.82, 2.24) is 4.90 Å². The van der Waals surface area contributed by atoms with Gasteiger partial charge in [-0.05, 0) is 19.8 Å². The molecule has 0 unspecified atom stereocenters. The highest BCUT2D eigenvalue weighted by Gasteiger charge is 2.13. The summed E-state index contributed by atoms with van der Waals surface area (Å²) in [4.78, 5) is 24.7. The summed E-state index contributed by atoms with van der Waals surface area (Å²) in [6.07, 6.45) is 2.35. The number of carbonyl (C=O) groups excluding carboxylic acids is 2. The number of nitrogens with zero attached hydrogens (tertiary/aromatic N) is 1. The molecule has 0 radical (unpaired) electrons. The van der Waals surface area contributed by atoms with Crippen LogP contribution < -0.4 is 0 Å². The number of esters is 1. The highest BCUT2D eigenvalue weighted by Crippen LogP contribution is 2.02. The zero-order chi connectivity index (χ0) is 12.4.